The molecule has 38 valence electrons. The molecule has 1 aromatic rings. The molecule has 7 heavy (non-hydrogen) atoms. The first-order valence-corrected chi connectivity index (χ1v) is 3.23. The molecule has 0 aliphatic carbocycles. The Bertz CT molecular complexity index is 143. The fraction of sp³-hybridized carbons (Fsp3) is 0. The maximum Gasteiger partial charge on any atom is 0.138 e. The second-order valence-corrected chi connectivity index (χ2v) is 2.55. The van der Waals surface area contributed by atoms with Gasteiger partial charge in [-0.15, -0.1) is 0 Å². The van der Waals surface area contributed by atoms with Crippen molar-refractivity contribution in [2.45, 2.75) is 0 Å². The molecule has 0 saturated heterocycles. The molecule has 0 radical (unpaired) electrons. The van der Waals surface area contributed by atoms with Gasteiger partial charge < -0.3 is 4.98 Å². The number of nitrogens with zero attached hydrogens (tertiary/aromatic N) is 1. The topological polar surface area (TPSA) is 28.7 Å². The Labute approximate surface area is 57.6 Å². The summed E-state index contributed by atoms with van der Waals surface area (Å²) in [6, 6.07) is 0. The van der Waals surface area contributed by atoms with Gasteiger partial charge >= 0.3 is 0 Å². The van der Waals surface area contributed by atoms with E-state index in [0.717, 1.165) is 9.21 Å². The van der Waals surface area contributed by atoms with Crippen molar-refractivity contribution in [1.82, 2.24) is 9.97 Å². The van der Waals surface area contributed by atoms with Gasteiger partial charge in [-0.3, -0.25) is 0 Å². The van der Waals surface area contributed by atoms with E-state index in [1.165, 1.54) is 0 Å². The summed E-state index contributed by atoms with van der Waals surface area (Å²) in [5.74, 6) is 0. The zero-order valence-electron chi connectivity index (χ0n) is 3.28. The molecule has 0 amide bonds. The first-order chi connectivity index (χ1) is 3.30. The molecule has 1 heterocycles. The third-order valence-electron chi connectivity index (χ3n) is 0.550. The summed E-state index contributed by atoms with van der Waals surface area (Å²) < 4.78 is 1.69. The molecule has 0 bridgehead atoms. The summed E-state index contributed by atoms with van der Waals surface area (Å²) in [7, 11) is 0. The third kappa shape index (κ3) is 1.04. The largest absolute Gasteiger partial charge is 0.338 e. The Kier molecular flexibility index (Phi) is 1.49. The van der Waals surface area contributed by atoms with Crippen molar-refractivity contribution in [1.29, 1.82) is 0 Å². The number of rotatable bonds is 0. The monoisotopic (exact) mass is 224 g/mol. The summed E-state index contributed by atoms with van der Waals surface area (Å²) in [4.78, 5) is 6.66. The van der Waals surface area contributed by atoms with Crippen LogP contribution < -0.4 is 0 Å². The summed E-state index contributed by atoms with van der Waals surface area (Å²) in [6.45, 7) is 0. The lowest BCUT2D eigenvalue weighted by molar-refractivity contribution is 1.29. The molecular weight excluding hydrogens is 224 g/mol. The zero-order valence-corrected chi connectivity index (χ0v) is 6.45. The number of aromatic amines is 1. The van der Waals surface area contributed by atoms with E-state index < -0.39 is 0 Å². The maximum absolute atomic E-state index is 3.83. The van der Waals surface area contributed by atoms with E-state index in [2.05, 4.69) is 41.8 Å². The highest BCUT2D eigenvalue weighted by atomic mass is 79.9. The van der Waals surface area contributed by atoms with Crippen molar-refractivity contribution in [3.63, 3.8) is 0 Å². The van der Waals surface area contributed by atoms with Gasteiger partial charge in [-0.1, -0.05) is 0 Å². The van der Waals surface area contributed by atoms with Gasteiger partial charge in [0, 0.05) is 0 Å². The number of H-pyrrole nitrogens is 1. The third-order valence-corrected chi connectivity index (χ3v) is 2.29. The van der Waals surface area contributed by atoms with Crippen LogP contribution in [0, 0.1) is 0 Å². The molecule has 0 aromatic carbocycles. The average molecular weight is 226 g/mol. The predicted octanol–water partition coefficient (Wildman–Crippen LogP) is 1.93. The molecule has 0 saturated carbocycles. The molecule has 0 aliphatic heterocycles. The lowest BCUT2D eigenvalue weighted by Gasteiger charge is -1.74. The van der Waals surface area contributed by atoms with Gasteiger partial charge in [0.05, 0.1) is 6.33 Å². The van der Waals surface area contributed by atoms with Crippen LogP contribution in [0.15, 0.2) is 15.5 Å². The van der Waals surface area contributed by atoms with Crippen molar-refractivity contribution in [3.8, 4) is 0 Å². The lowest BCUT2D eigenvalue weighted by atomic mass is 11.0. The van der Waals surface area contributed by atoms with Crippen LogP contribution in [0.5, 0.6) is 0 Å². The van der Waals surface area contributed by atoms with Crippen LogP contribution in [-0.4, -0.2) is 9.97 Å². The van der Waals surface area contributed by atoms with Crippen LogP contribution in [0.1, 0.15) is 0 Å². The summed E-state index contributed by atoms with van der Waals surface area (Å²) in [6.07, 6.45) is 1.61. The molecule has 2 nitrogen and oxygen atoms in total. The lowest BCUT2D eigenvalue weighted by Crippen LogP contribution is -1.57. The number of aromatic nitrogens is 2. The molecule has 1 N–H and O–H groups in total. The van der Waals surface area contributed by atoms with Crippen LogP contribution in [0.25, 0.3) is 0 Å². The highest BCUT2D eigenvalue weighted by Crippen LogP contribution is 2.15. The smallest absolute Gasteiger partial charge is 0.138 e. The van der Waals surface area contributed by atoms with Gasteiger partial charge in [0.25, 0.3) is 0 Å². The second-order valence-electron chi connectivity index (χ2n) is 1.01. The van der Waals surface area contributed by atoms with Crippen molar-refractivity contribution in [3.05, 3.63) is 15.5 Å². The van der Waals surface area contributed by atoms with E-state index in [-0.39, 0.29) is 0 Å². The van der Waals surface area contributed by atoms with Crippen LogP contribution in [0.3, 0.4) is 0 Å². The Morgan fingerprint density at radius 1 is 1.57 bits per heavy atom. The molecular formula is C3H2Br2N2. The van der Waals surface area contributed by atoms with Gasteiger partial charge in [-0.2, -0.15) is 0 Å². The molecule has 1 aromatic heterocycles. The van der Waals surface area contributed by atoms with Crippen molar-refractivity contribution in [2.24, 2.45) is 0 Å². The van der Waals surface area contributed by atoms with E-state index in [1.807, 2.05) is 0 Å². The first-order valence-electron chi connectivity index (χ1n) is 1.65. The van der Waals surface area contributed by atoms with Gasteiger partial charge in [0.1, 0.15) is 9.21 Å². The van der Waals surface area contributed by atoms with Crippen molar-refractivity contribution >= 4 is 31.9 Å². The molecule has 4 heteroatoms. The highest BCUT2D eigenvalue weighted by molar-refractivity contribution is 9.13. The number of nitrogens with one attached hydrogen (secondary N) is 1. The molecule has 0 fully saturated rings. The summed E-state index contributed by atoms with van der Waals surface area (Å²) in [5.41, 5.74) is 0. The highest BCUT2D eigenvalue weighted by Gasteiger charge is 1.92. The van der Waals surface area contributed by atoms with E-state index in [1.54, 1.807) is 6.33 Å². The van der Waals surface area contributed by atoms with Crippen LogP contribution in [0.4, 0.5) is 0 Å². The maximum atomic E-state index is 3.83. The number of imidazole rings is 1. The van der Waals surface area contributed by atoms with E-state index in [9.17, 15) is 0 Å². The fourth-order valence-corrected chi connectivity index (χ4v) is 0.683. The molecule has 0 unspecified atom stereocenters. The normalized spacial score (nSPS) is 9.43. The van der Waals surface area contributed by atoms with Crippen LogP contribution >= 0.6 is 31.9 Å². The molecule has 1 rings (SSSR count). The molecule has 0 atom stereocenters. The summed E-state index contributed by atoms with van der Waals surface area (Å²) >= 11 is 6.38. The Balaban J connectivity index is 3.12. The van der Waals surface area contributed by atoms with E-state index in [4.69, 9.17) is 0 Å². The van der Waals surface area contributed by atoms with Gasteiger partial charge in [-0.25, -0.2) is 4.98 Å². The number of hydrogen-bond donors (Lipinski definition) is 1. The predicted molar refractivity (Wildman–Crippen MR) is 34.0 cm³/mol. The SMILES string of the molecule is Brc1nc[nH]c1Br. The van der Waals surface area contributed by atoms with Gasteiger partial charge in [0.15, 0.2) is 0 Å². The number of hydrogen-bond acceptors (Lipinski definition) is 1. The minimum absolute atomic E-state index is 0.813. The zero-order chi connectivity index (χ0) is 5.28. The Morgan fingerprint density at radius 3 is 2.43 bits per heavy atom. The molecule has 0 spiro atoms. The standard InChI is InChI=1S/C3H2Br2N2/c4-2-3(5)7-1-6-2/h1H,(H,6,7). The first kappa shape index (κ1) is 5.31. The minimum Gasteiger partial charge on any atom is -0.338 e. The van der Waals surface area contributed by atoms with Gasteiger partial charge in [-0.05, 0) is 31.9 Å². The van der Waals surface area contributed by atoms with Gasteiger partial charge in [0.2, 0.25) is 0 Å². The minimum atomic E-state index is 0.813. The average Bonchev–Trinajstić information content (AvgIpc) is 1.91. The summed E-state index contributed by atoms with van der Waals surface area (Å²) in [5, 5.41) is 0. The van der Waals surface area contributed by atoms with Crippen molar-refractivity contribution in [2.75, 3.05) is 0 Å². The number of halogens is 2. The van der Waals surface area contributed by atoms with E-state index >= 15 is 0 Å². The van der Waals surface area contributed by atoms with Crippen molar-refractivity contribution < 1.29 is 0 Å². The Morgan fingerprint density at radius 2 is 2.29 bits per heavy atom. The van der Waals surface area contributed by atoms with Crippen LogP contribution in [-0.2, 0) is 0 Å². The fourth-order valence-electron chi connectivity index (χ4n) is 0.262. The Hall–Kier alpha value is 0.170. The van der Waals surface area contributed by atoms with Crippen LogP contribution in [0.2, 0.25) is 0 Å². The quantitative estimate of drug-likeness (QED) is 0.719. The van der Waals surface area contributed by atoms with E-state index in [0.29, 0.717) is 0 Å². The second kappa shape index (κ2) is 1.96. The molecule has 0 aliphatic rings.